The minimum absolute atomic E-state index is 0. The number of nitrogens with one attached hydrogen (secondary N) is 1. The monoisotopic (exact) mass is 471 g/mol. The number of benzene rings is 1. The van der Waals surface area contributed by atoms with Gasteiger partial charge in [0.1, 0.15) is 0 Å². The molecular formula is C14H23BrIN3O2. The molecule has 0 aliphatic heterocycles. The number of hydrogen-bond acceptors (Lipinski definition) is 3. The second-order valence-electron chi connectivity index (χ2n) is 5.38. The Balaban J connectivity index is 0.00000400. The van der Waals surface area contributed by atoms with Crippen LogP contribution < -0.4 is 20.5 Å². The van der Waals surface area contributed by atoms with E-state index < -0.39 is 0 Å². The number of ether oxygens (including phenoxy) is 2. The van der Waals surface area contributed by atoms with E-state index >= 15 is 0 Å². The standard InChI is InChI=1S/C14H22BrN3O2.HI/c1-14(2,3)18-13(16)17-8-9-6-11(19-4)12(20-5)7-10(9)15;/h6-7H,8H2,1-5H3,(H3,16,17,18);1H. The lowest BCUT2D eigenvalue weighted by molar-refractivity contribution is 0.354. The van der Waals surface area contributed by atoms with Gasteiger partial charge in [-0.1, -0.05) is 15.9 Å². The van der Waals surface area contributed by atoms with E-state index in [-0.39, 0.29) is 29.5 Å². The van der Waals surface area contributed by atoms with Crippen LogP contribution in [0.3, 0.4) is 0 Å². The molecule has 0 amide bonds. The quantitative estimate of drug-likeness (QED) is 0.401. The van der Waals surface area contributed by atoms with Crippen LogP contribution in [0.4, 0.5) is 0 Å². The molecule has 5 nitrogen and oxygen atoms in total. The smallest absolute Gasteiger partial charge is 0.189 e. The van der Waals surface area contributed by atoms with Crippen LogP contribution in [0.5, 0.6) is 11.5 Å². The lowest BCUT2D eigenvalue weighted by Gasteiger charge is -2.21. The third-order valence-electron chi connectivity index (χ3n) is 2.48. The second-order valence-corrected chi connectivity index (χ2v) is 6.23. The van der Waals surface area contributed by atoms with Gasteiger partial charge in [0.2, 0.25) is 0 Å². The van der Waals surface area contributed by atoms with Gasteiger partial charge in [-0.3, -0.25) is 0 Å². The van der Waals surface area contributed by atoms with E-state index in [2.05, 4.69) is 26.2 Å². The molecule has 0 unspecified atom stereocenters. The first kappa shape index (κ1) is 20.3. The Kier molecular flexibility index (Phi) is 8.38. The number of guanidine groups is 1. The number of methoxy groups -OCH3 is 2. The molecule has 1 aromatic carbocycles. The summed E-state index contributed by atoms with van der Waals surface area (Å²) in [6.07, 6.45) is 0. The molecule has 120 valence electrons. The van der Waals surface area contributed by atoms with Gasteiger partial charge in [0.05, 0.1) is 20.8 Å². The van der Waals surface area contributed by atoms with E-state index in [1.807, 2.05) is 32.9 Å². The Hall–Kier alpha value is -0.700. The maximum absolute atomic E-state index is 5.85. The molecule has 1 rings (SSSR count). The Labute approximate surface area is 151 Å². The van der Waals surface area contributed by atoms with Crippen LogP contribution in [-0.2, 0) is 6.54 Å². The van der Waals surface area contributed by atoms with Crippen molar-refractivity contribution >= 4 is 45.9 Å². The summed E-state index contributed by atoms with van der Waals surface area (Å²) < 4.78 is 11.4. The number of hydrogen-bond donors (Lipinski definition) is 2. The molecule has 0 spiro atoms. The van der Waals surface area contributed by atoms with Gasteiger partial charge in [0.25, 0.3) is 0 Å². The van der Waals surface area contributed by atoms with Gasteiger partial charge in [0.15, 0.2) is 17.5 Å². The van der Waals surface area contributed by atoms with Crippen molar-refractivity contribution in [3.63, 3.8) is 0 Å². The van der Waals surface area contributed by atoms with Crippen molar-refractivity contribution in [2.75, 3.05) is 14.2 Å². The van der Waals surface area contributed by atoms with E-state index in [1.165, 1.54) is 0 Å². The Bertz CT molecular complexity index is 502. The van der Waals surface area contributed by atoms with Crippen LogP contribution >= 0.6 is 39.9 Å². The number of nitrogens with two attached hydrogens (primary N) is 1. The average molecular weight is 472 g/mol. The van der Waals surface area contributed by atoms with Gasteiger partial charge < -0.3 is 20.5 Å². The predicted molar refractivity (Wildman–Crippen MR) is 101 cm³/mol. The second kappa shape index (κ2) is 8.67. The van der Waals surface area contributed by atoms with Crippen molar-refractivity contribution in [1.82, 2.24) is 5.32 Å². The first-order valence-electron chi connectivity index (χ1n) is 6.25. The van der Waals surface area contributed by atoms with Gasteiger partial charge in [-0.2, -0.15) is 0 Å². The van der Waals surface area contributed by atoms with E-state index in [4.69, 9.17) is 15.2 Å². The zero-order chi connectivity index (χ0) is 15.3. The predicted octanol–water partition coefficient (Wildman–Crippen LogP) is 3.29. The summed E-state index contributed by atoms with van der Waals surface area (Å²) in [6, 6.07) is 3.74. The van der Waals surface area contributed by atoms with Crippen molar-refractivity contribution in [1.29, 1.82) is 0 Å². The summed E-state index contributed by atoms with van der Waals surface area (Å²) in [7, 11) is 3.21. The fraction of sp³-hybridized carbons (Fsp3) is 0.500. The normalized spacial score (nSPS) is 11.6. The molecule has 7 heteroatoms. The summed E-state index contributed by atoms with van der Waals surface area (Å²) in [5.41, 5.74) is 6.72. The molecule has 0 fully saturated rings. The topological polar surface area (TPSA) is 68.9 Å². The van der Waals surface area contributed by atoms with Gasteiger partial charge in [-0.05, 0) is 38.5 Å². The maximum Gasteiger partial charge on any atom is 0.189 e. The molecule has 1 aromatic rings. The van der Waals surface area contributed by atoms with Crippen LogP contribution in [0, 0.1) is 0 Å². The van der Waals surface area contributed by atoms with Gasteiger partial charge in [0, 0.05) is 10.0 Å². The van der Waals surface area contributed by atoms with E-state index in [1.54, 1.807) is 14.2 Å². The molecular weight excluding hydrogens is 449 g/mol. The highest BCUT2D eigenvalue weighted by Gasteiger charge is 2.11. The summed E-state index contributed by atoms with van der Waals surface area (Å²) in [5.74, 6) is 1.76. The molecule has 0 saturated carbocycles. The molecule has 0 radical (unpaired) electrons. The fourth-order valence-corrected chi connectivity index (χ4v) is 2.06. The molecule has 0 bridgehead atoms. The zero-order valence-electron chi connectivity index (χ0n) is 13.0. The van der Waals surface area contributed by atoms with Crippen molar-refractivity contribution in [3.05, 3.63) is 22.2 Å². The largest absolute Gasteiger partial charge is 0.493 e. The minimum Gasteiger partial charge on any atom is -0.493 e. The summed E-state index contributed by atoms with van der Waals surface area (Å²) in [5, 5.41) is 3.12. The Morgan fingerprint density at radius 3 is 2.24 bits per heavy atom. The SMILES string of the molecule is COc1cc(Br)c(CN=C(N)NC(C)(C)C)cc1OC.I. The maximum atomic E-state index is 5.85. The number of nitrogens with zero attached hydrogens (tertiary/aromatic N) is 1. The Morgan fingerprint density at radius 2 is 1.76 bits per heavy atom. The summed E-state index contributed by atoms with van der Waals surface area (Å²) in [6.45, 7) is 6.54. The van der Waals surface area contributed by atoms with E-state index in [9.17, 15) is 0 Å². The minimum atomic E-state index is -0.109. The highest BCUT2D eigenvalue weighted by molar-refractivity contribution is 14.0. The van der Waals surface area contributed by atoms with Crippen LogP contribution in [0.25, 0.3) is 0 Å². The summed E-state index contributed by atoms with van der Waals surface area (Å²) >= 11 is 3.50. The molecule has 0 saturated heterocycles. The number of aliphatic imine (C=N–C) groups is 1. The Morgan fingerprint density at radius 1 is 1.24 bits per heavy atom. The lowest BCUT2D eigenvalue weighted by Crippen LogP contribution is -2.44. The lowest BCUT2D eigenvalue weighted by atomic mass is 10.1. The first-order valence-corrected chi connectivity index (χ1v) is 7.04. The van der Waals surface area contributed by atoms with Crippen LogP contribution in [0.1, 0.15) is 26.3 Å². The van der Waals surface area contributed by atoms with Crippen LogP contribution in [0.2, 0.25) is 0 Å². The summed E-state index contributed by atoms with van der Waals surface area (Å²) in [4.78, 5) is 4.33. The van der Waals surface area contributed by atoms with E-state index in [0.717, 1.165) is 10.0 Å². The van der Waals surface area contributed by atoms with Crippen molar-refractivity contribution < 1.29 is 9.47 Å². The first-order chi connectivity index (χ1) is 9.26. The van der Waals surface area contributed by atoms with Crippen molar-refractivity contribution in [2.24, 2.45) is 10.7 Å². The average Bonchev–Trinajstić information content (AvgIpc) is 2.34. The molecule has 3 N–H and O–H groups in total. The molecule has 21 heavy (non-hydrogen) atoms. The van der Waals surface area contributed by atoms with Crippen molar-refractivity contribution in [3.8, 4) is 11.5 Å². The molecule has 0 atom stereocenters. The third-order valence-corrected chi connectivity index (χ3v) is 3.21. The highest BCUT2D eigenvalue weighted by atomic mass is 127. The van der Waals surface area contributed by atoms with Gasteiger partial charge >= 0.3 is 0 Å². The van der Waals surface area contributed by atoms with E-state index in [0.29, 0.717) is 24.0 Å². The van der Waals surface area contributed by atoms with Crippen molar-refractivity contribution in [2.45, 2.75) is 32.9 Å². The molecule has 0 aromatic heterocycles. The van der Waals surface area contributed by atoms with Crippen LogP contribution in [-0.4, -0.2) is 25.7 Å². The fourth-order valence-electron chi connectivity index (χ4n) is 1.61. The molecule has 0 heterocycles. The zero-order valence-corrected chi connectivity index (χ0v) is 16.9. The van der Waals surface area contributed by atoms with Gasteiger partial charge in [-0.15, -0.1) is 24.0 Å². The van der Waals surface area contributed by atoms with Crippen LogP contribution in [0.15, 0.2) is 21.6 Å². The molecule has 0 aliphatic rings. The number of halogens is 2. The molecule has 0 aliphatic carbocycles. The highest BCUT2D eigenvalue weighted by Crippen LogP contribution is 2.33. The van der Waals surface area contributed by atoms with Gasteiger partial charge in [-0.25, -0.2) is 4.99 Å². The number of rotatable bonds is 4. The third kappa shape index (κ3) is 6.73.